The van der Waals surface area contributed by atoms with E-state index in [1.165, 1.54) is 18.4 Å². The summed E-state index contributed by atoms with van der Waals surface area (Å²) < 4.78 is 16.2. The highest BCUT2D eigenvalue weighted by molar-refractivity contribution is 5.75. The molecular weight excluding hydrogens is 228 g/mol. The van der Waals surface area contributed by atoms with Gasteiger partial charge in [0.15, 0.2) is 11.5 Å². The number of allylic oxidation sites excluding steroid dienone is 2. The summed E-state index contributed by atoms with van der Waals surface area (Å²) in [5.41, 5.74) is 2.47. The van der Waals surface area contributed by atoms with E-state index >= 15 is 0 Å². The molecule has 0 bridgehead atoms. The quantitative estimate of drug-likeness (QED) is 0.813. The molecule has 0 unspecified atom stereocenters. The Balaban J connectivity index is 2.50. The Labute approximate surface area is 108 Å². The number of methoxy groups -OCH3 is 3. The first-order chi connectivity index (χ1) is 8.81. The first kappa shape index (κ1) is 12.8. The van der Waals surface area contributed by atoms with E-state index in [4.69, 9.17) is 14.2 Å². The molecule has 18 heavy (non-hydrogen) atoms. The Morgan fingerprint density at radius 3 is 2.22 bits per heavy atom. The summed E-state index contributed by atoms with van der Waals surface area (Å²) in [5, 5.41) is 0. The highest BCUT2D eigenvalue weighted by atomic mass is 16.5. The number of benzene rings is 1. The topological polar surface area (TPSA) is 27.7 Å². The van der Waals surface area contributed by atoms with Gasteiger partial charge in [0.2, 0.25) is 5.75 Å². The Morgan fingerprint density at radius 2 is 1.67 bits per heavy atom. The summed E-state index contributed by atoms with van der Waals surface area (Å²) in [4.78, 5) is 0. The van der Waals surface area contributed by atoms with Gasteiger partial charge in [0.25, 0.3) is 0 Å². The van der Waals surface area contributed by atoms with Gasteiger partial charge in [-0.1, -0.05) is 6.08 Å². The largest absolute Gasteiger partial charge is 0.493 e. The average molecular weight is 248 g/mol. The third kappa shape index (κ3) is 2.30. The molecule has 0 aromatic heterocycles. The Kier molecular flexibility index (Phi) is 4.13. The minimum absolute atomic E-state index is 0.670. The van der Waals surface area contributed by atoms with E-state index in [2.05, 4.69) is 12.1 Å². The molecule has 0 N–H and O–H groups in total. The predicted molar refractivity (Wildman–Crippen MR) is 72.5 cm³/mol. The summed E-state index contributed by atoms with van der Waals surface area (Å²) in [6.45, 7) is 0. The fourth-order valence-electron chi connectivity index (χ4n) is 2.44. The normalized spacial score (nSPS) is 14.9. The molecule has 1 aromatic rings. The van der Waals surface area contributed by atoms with Gasteiger partial charge < -0.3 is 14.2 Å². The van der Waals surface area contributed by atoms with Crippen molar-refractivity contribution in [2.45, 2.75) is 25.7 Å². The molecule has 0 saturated heterocycles. The molecule has 0 heterocycles. The van der Waals surface area contributed by atoms with Crippen LogP contribution in [0.5, 0.6) is 17.2 Å². The summed E-state index contributed by atoms with van der Waals surface area (Å²) in [5.74, 6) is 2.14. The lowest BCUT2D eigenvalue weighted by molar-refractivity contribution is 0.323. The molecule has 98 valence electrons. The summed E-state index contributed by atoms with van der Waals surface area (Å²) in [6.07, 6.45) is 7.06. The lowest BCUT2D eigenvalue weighted by Gasteiger charge is -2.19. The SMILES string of the molecule is COc1ccc(C2=CCCCC2)c(OC)c1OC. The second kappa shape index (κ2) is 5.80. The third-order valence-electron chi connectivity index (χ3n) is 3.34. The molecule has 3 heteroatoms. The molecule has 2 rings (SSSR count). The van der Waals surface area contributed by atoms with Crippen molar-refractivity contribution in [2.75, 3.05) is 21.3 Å². The van der Waals surface area contributed by atoms with Gasteiger partial charge in [-0.2, -0.15) is 0 Å². The van der Waals surface area contributed by atoms with Crippen LogP contribution in [0.3, 0.4) is 0 Å². The van der Waals surface area contributed by atoms with Crippen molar-refractivity contribution in [1.82, 2.24) is 0 Å². The maximum absolute atomic E-state index is 5.52. The third-order valence-corrected chi connectivity index (χ3v) is 3.34. The standard InChI is InChI=1S/C15H20O3/c1-16-13-10-9-12(11-7-5-4-6-8-11)14(17-2)15(13)18-3/h7,9-10H,4-6,8H2,1-3H3. The van der Waals surface area contributed by atoms with E-state index in [-0.39, 0.29) is 0 Å². The summed E-state index contributed by atoms with van der Waals surface area (Å²) in [6, 6.07) is 3.99. The van der Waals surface area contributed by atoms with Crippen LogP contribution in [0.15, 0.2) is 18.2 Å². The molecule has 0 saturated carbocycles. The highest BCUT2D eigenvalue weighted by Crippen LogP contribution is 2.44. The molecule has 0 amide bonds. The van der Waals surface area contributed by atoms with Crippen molar-refractivity contribution in [3.8, 4) is 17.2 Å². The minimum atomic E-state index is 0.670. The summed E-state index contributed by atoms with van der Waals surface area (Å²) in [7, 11) is 4.94. The molecular formula is C15H20O3. The van der Waals surface area contributed by atoms with Gasteiger partial charge in [0.05, 0.1) is 21.3 Å². The number of ether oxygens (including phenoxy) is 3. The van der Waals surface area contributed by atoms with E-state index in [0.29, 0.717) is 11.5 Å². The zero-order chi connectivity index (χ0) is 13.0. The van der Waals surface area contributed by atoms with Crippen LogP contribution < -0.4 is 14.2 Å². The molecule has 1 aromatic carbocycles. The van der Waals surface area contributed by atoms with Crippen LogP contribution in [0.2, 0.25) is 0 Å². The van der Waals surface area contributed by atoms with Crippen molar-refractivity contribution in [2.24, 2.45) is 0 Å². The van der Waals surface area contributed by atoms with Crippen LogP contribution in [0.4, 0.5) is 0 Å². The van der Waals surface area contributed by atoms with Crippen molar-refractivity contribution in [3.63, 3.8) is 0 Å². The first-order valence-corrected chi connectivity index (χ1v) is 6.30. The maximum atomic E-state index is 5.52. The van der Waals surface area contributed by atoms with Crippen LogP contribution in [0.1, 0.15) is 31.2 Å². The van der Waals surface area contributed by atoms with Gasteiger partial charge >= 0.3 is 0 Å². The van der Waals surface area contributed by atoms with Crippen LogP contribution in [0.25, 0.3) is 5.57 Å². The molecule has 1 aliphatic rings. The Hall–Kier alpha value is -1.64. The number of hydrogen-bond acceptors (Lipinski definition) is 3. The van der Waals surface area contributed by atoms with E-state index in [1.807, 2.05) is 6.07 Å². The Bertz CT molecular complexity index is 449. The van der Waals surface area contributed by atoms with Crippen molar-refractivity contribution < 1.29 is 14.2 Å². The van der Waals surface area contributed by atoms with Crippen LogP contribution in [0, 0.1) is 0 Å². The lowest BCUT2D eigenvalue weighted by Crippen LogP contribution is -2.00. The maximum Gasteiger partial charge on any atom is 0.203 e. The second-order valence-corrected chi connectivity index (χ2v) is 4.36. The monoisotopic (exact) mass is 248 g/mol. The highest BCUT2D eigenvalue weighted by Gasteiger charge is 2.18. The van der Waals surface area contributed by atoms with Gasteiger partial charge in [-0.25, -0.2) is 0 Å². The fraction of sp³-hybridized carbons (Fsp3) is 0.467. The van der Waals surface area contributed by atoms with Gasteiger partial charge in [0, 0.05) is 5.56 Å². The van der Waals surface area contributed by atoms with Crippen molar-refractivity contribution >= 4 is 5.57 Å². The van der Waals surface area contributed by atoms with Gasteiger partial charge in [-0.15, -0.1) is 0 Å². The van der Waals surface area contributed by atoms with Gasteiger partial charge in [-0.05, 0) is 43.4 Å². The fourth-order valence-corrected chi connectivity index (χ4v) is 2.44. The zero-order valence-electron chi connectivity index (χ0n) is 11.3. The van der Waals surface area contributed by atoms with E-state index in [1.54, 1.807) is 21.3 Å². The van der Waals surface area contributed by atoms with E-state index in [0.717, 1.165) is 24.2 Å². The molecule has 0 aliphatic heterocycles. The molecule has 0 fully saturated rings. The van der Waals surface area contributed by atoms with Gasteiger partial charge in [-0.3, -0.25) is 0 Å². The molecule has 3 nitrogen and oxygen atoms in total. The average Bonchev–Trinajstić information content (AvgIpc) is 2.46. The predicted octanol–water partition coefficient (Wildman–Crippen LogP) is 3.67. The van der Waals surface area contributed by atoms with Crippen molar-refractivity contribution in [1.29, 1.82) is 0 Å². The van der Waals surface area contributed by atoms with E-state index < -0.39 is 0 Å². The molecule has 0 atom stereocenters. The zero-order valence-corrected chi connectivity index (χ0v) is 11.3. The first-order valence-electron chi connectivity index (χ1n) is 6.30. The van der Waals surface area contributed by atoms with E-state index in [9.17, 15) is 0 Å². The second-order valence-electron chi connectivity index (χ2n) is 4.36. The minimum Gasteiger partial charge on any atom is -0.493 e. The van der Waals surface area contributed by atoms with Crippen molar-refractivity contribution in [3.05, 3.63) is 23.8 Å². The smallest absolute Gasteiger partial charge is 0.203 e. The number of rotatable bonds is 4. The molecule has 0 spiro atoms. The van der Waals surface area contributed by atoms with Crippen LogP contribution >= 0.6 is 0 Å². The van der Waals surface area contributed by atoms with Gasteiger partial charge in [0.1, 0.15) is 0 Å². The van der Waals surface area contributed by atoms with Crippen LogP contribution in [-0.4, -0.2) is 21.3 Å². The molecule has 0 radical (unpaired) electrons. The lowest BCUT2D eigenvalue weighted by atomic mass is 9.93. The Morgan fingerprint density at radius 1 is 0.889 bits per heavy atom. The van der Waals surface area contributed by atoms with Crippen LogP contribution in [-0.2, 0) is 0 Å². The molecule has 1 aliphatic carbocycles. The number of hydrogen-bond donors (Lipinski definition) is 0. The summed E-state index contributed by atoms with van der Waals surface area (Å²) >= 11 is 0.